The van der Waals surface area contributed by atoms with Crippen molar-refractivity contribution >= 4 is 11.8 Å². The molecule has 4 heteroatoms. The summed E-state index contributed by atoms with van der Waals surface area (Å²) >= 11 is 1.80. The van der Waals surface area contributed by atoms with Crippen molar-refractivity contribution in [3.63, 3.8) is 0 Å². The third-order valence-electron chi connectivity index (χ3n) is 2.72. The number of thioether (sulfide) groups is 1. The number of benzene rings is 1. The molecule has 0 radical (unpaired) electrons. The maximum Gasteiger partial charge on any atom is 0.130 e. The van der Waals surface area contributed by atoms with Gasteiger partial charge in [0.2, 0.25) is 0 Å². The van der Waals surface area contributed by atoms with Gasteiger partial charge in [-0.25, -0.2) is 4.39 Å². The zero-order chi connectivity index (χ0) is 11.7. The molecule has 1 saturated heterocycles. The normalized spacial score (nSPS) is 19.7. The topological polar surface area (TPSA) is 14.2 Å². The van der Waals surface area contributed by atoms with Crippen molar-refractivity contribution in [2.24, 2.45) is 0 Å². The average molecular weight is 249 g/mol. The average Bonchev–Trinajstić information content (AvgIpc) is 3.00. The number of rotatable bonds is 2. The Bertz CT molecular complexity index is 520. The molecule has 0 aliphatic carbocycles. The third-order valence-corrected chi connectivity index (χ3v) is 3.83. The molecule has 0 unspecified atom stereocenters. The smallest absolute Gasteiger partial charge is 0.130 e. The molecule has 3 rings (SSSR count). The van der Waals surface area contributed by atoms with Crippen LogP contribution in [0.15, 0.2) is 42.7 Å². The second kappa shape index (κ2) is 4.55. The maximum atomic E-state index is 13.1. The summed E-state index contributed by atoms with van der Waals surface area (Å²) in [5, 5.41) is 0. The maximum absolute atomic E-state index is 13.1. The Kier molecular flexibility index (Phi) is 2.91. The fraction of sp³-hybridized carbons (Fsp3) is 0.231. The van der Waals surface area contributed by atoms with E-state index in [4.69, 9.17) is 4.74 Å². The summed E-state index contributed by atoms with van der Waals surface area (Å²) in [6, 6.07) is 8.59. The largest absolute Gasteiger partial charge is 0.362 e. The molecule has 1 aliphatic rings. The molecule has 0 N–H and O–H groups in total. The number of ether oxygens (including phenoxy) is 1. The number of aromatic nitrogens is 1. The molecular weight excluding hydrogens is 237 g/mol. The molecule has 1 atom stereocenters. The van der Waals surface area contributed by atoms with Gasteiger partial charge >= 0.3 is 0 Å². The highest BCUT2D eigenvalue weighted by atomic mass is 32.2. The molecular formula is C13H12FNOS. The summed E-state index contributed by atoms with van der Waals surface area (Å²) in [4.78, 5) is 0. The molecule has 0 saturated carbocycles. The second-order valence-electron chi connectivity index (χ2n) is 3.91. The van der Waals surface area contributed by atoms with Crippen molar-refractivity contribution in [3.8, 4) is 5.69 Å². The number of hydrogen-bond acceptors (Lipinski definition) is 2. The Morgan fingerprint density at radius 1 is 1.35 bits per heavy atom. The summed E-state index contributed by atoms with van der Waals surface area (Å²) in [7, 11) is 0. The van der Waals surface area contributed by atoms with Crippen LogP contribution in [0.2, 0.25) is 0 Å². The molecule has 0 amide bonds. The minimum absolute atomic E-state index is 0.129. The predicted octanol–water partition coefficient (Wildman–Crippen LogP) is 3.38. The standard InChI is InChI=1S/C13H12FNOS/c14-11-2-1-3-12(8-11)15-5-4-10(9-15)13-16-6-7-17-13/h1-5,8-9,13H,6-7H2/t13-/m0/s1. The lowest BCUT2D eigenvalue weighted by atomic mass is 10.3. The Labute approximate surface area is 103 Å². The summed E-state index contributed by atoms with van der Waals surface area (Å²) in [6.45, 7) is 0.806. The molecule has 2 heterocycles. The molecule has 88 valence electrons. The van der Waals surface area contributed by atoms with Crippen LogP contribution in [0.5, 0.6) is 0 Å². The van der Waals surface area contributed by atoms with Crippen LogP contribution in [-0.4, -0.2) is 16.9 Å². The fourth-order valence-electron chi connectivity index (χ4n) is 1.90. The van der Waals surface area contributed by atoms with Crippen molar-refractivity contribution in [2.75, 3.05) is 12.4 Å². The highest BCUT2D eigenvalue weighted by Gasteiger charge is 2.19. The first-order chi connectivity index (χ1) is 8.33. The SMILES string of the molecule is Fc1cccc(-n2ccc([C@H]3OCCS3)c2)c1. The van der Waals surface area contributed by atoms with Gasteiger partial charge in [0.1, 0.15) is 11.3 Å². The summed E-state index contributed by atoms with van der Waals surface area (Å²) in [5.41, 5.74) is 2.10. The minimum Gasteiger partial charge on any atom is -0.362 e. The fourth-order valence-corrected chi connectivity index (χ4v) is 2.83. The second-order valence-corrected chi connectivity index (χ2v) is 5.08. The molecule has 1 aromatic heterocycles. The van der Waals surface area contributed by atoms with Crippen molar-refractivity contribution in [2.45, 2.75) is 5.44 Å². The van der Waals surface area contributed by atoms with E-state index < -0.39 is 0 Å². The van der Waals surface area contributed by atoms with Crippen molar-refractivity contribution < 1.29 is 9.13 Å². The van der Waals surface area contributed by atoms with Crippen molar-refractivity contribution in [1.29, 1.82) is 0 Å². The van der Waals surface area contributed by atoms with Gasteiger partial charge in [-0.2, -0.15) is 0 Å². The van der Waals surface area contributed by atoms with Crippen LogP contribution in [0.4, 0.5) is 4.39 Å². The van der Waals surface area contributed by atoms with E-state index >= 15 is 0 Å². The molecule has 2 nitrogen and oxygen atoms in total. The molecule has 1 fully saturated rings. The van der Waals surface area contributed by atoms with Gasteiger partial charge in [0.15, 0.2) is 0 Å². The molecule has 0 bridgehead atoms. The summed E-state index contributed by atoms with van der Waals surface area (Å²) in [5.74, 6) is 0.819. The molecule has 1 aromatic carbocycles. The summed E-state index contributed by atoms with van der Waals surface area (Å²) < 4.78 is 20.6. The molecule has 2 aromatic rings. The number of nitrogens with zero attached hydrogens (tertiary/aromatic N) is 1. The van der Waals surface area contributed by atoms with Gasteiger partial charge in [-0.15, -0.1) is 11.8 Å². The first-order valence-corrected chi connectivity index (χ1v) is 6.55. The van der Waals surface area contributed by atoms with Crippen LogP contribution in [0.25, 0.3) is 5.69 Å². The quantitative estimate of drug-likeness (QED) is 0.810. The van der Waals surface area contributed by atoms with E-state index in [1.807, 2.05) is 29.1 Å². The molecule has 1 aliphatic heterocycles. The Morgan fingerprint density at radius 2 is 2.29 bits per heavy atom. The van der Waals surface area contributed by atoms with Crippen LogP contribution in [0, 0.1) is 5.82 Å². The third kappa shape index (κ3) is 2.23. The molecule has 17 heavy (non-hydrogen) atoms. The van der Waals surface area contributed by atoms with Crippen molar-refractivity contribution in [3.05, 3.63) is 54.1 Å². The number of halogens is 1. The van der Waals surface area contributed by atoms with E-state index in [2.05, 4.69) is 0 Å². The lowest BCUT2D eigenvalue weighted by Gasteiger charge is -2.06. The van der Waals surface area contributed by atoms with Crippen LogP contribution in [-0.2, 0) is 4.74 Å². The van der Waals surface area contributed by atoms with E-state index in [1.165, 1.54) is 12.1 Å². The lowest BCUT2D eigenvalue weighted by molar-refractivity contribution is 0.145. The van der Waals surface area contributed by atoms with Gasteiger partial charge in [-0.1, -0.05) is 6.07 Å². The molecule has 0 spiro atoms. The van der Waals surface area contributed by atoms with E-state index in [1.54, 1.807) is 17.8 Å². The Morgan fingerprint density at radius 3 is 3.06 bits per heavy atom. The van der Waals surface area contributed by atoms with E-state index in [0.29, 0.717) is 0 Å². The zero-order valence-electron chi connectivity index (χ0n) is 9.17. The van der Waals surface area contributed by atoms with Gasteiger partial charge in [0.25, 0.3) is 0 Å². The van der Waals surface area contributed by atoms with E-state index in [0.717, 1.165) is 23.6 Å². The van der Waals surface area contributed by atoms with Crippen LogP contribution < -0.4 is 0 Å². The lowest BCUT2D eigenvalue weighted by Crippen LogP contribution is -1.93. The highest BCUT2D eigenvalue weighted by molar-refractivity contribution is 7.99. The zero-order valence-corrected chi connectivity index (χ0v) is 9.99. The van der Waals surface area contributed by atoms with Crippen LogP contribution >= 0.6 is 11.8 Å². The van der Waals surface area contributed by atoms with Gasteiger partial charge in [0.05, 0.1) is 6.61 Å². The summed E-state index contributed by atoms with van der Waals surface area (Å²) in [6.07, 6.45) is 3.93. The van der Waals surface area contributed by atoms with Gasteiger partial charge in [-0.3, -0.25) is 0 Å². The minimum atomic E-state index is -0.218. The van der Waals surface area contributed by atoms with Crippen molar-refractivity contribution in [1.82, 2.24) is 4.57 Å². The highest BCUT2D eigenvalue weighted by Crippen LogP contribution is 2.35. The van der Waals surface area contributed by atoms with Gasteiger partial charge in [0, 0.05) is 29.4 Å². The van der Waals surface area contributed by atoms with Crippen LogP contribution in [0.1, 0.15) is 11.0 Å². The van der Waals surface area contributed by atoms with E-state index in [9.17, 15) is 4.39 Å². The Hall–Kier alpha value is -1.26. The van der Waals surface area contributed by atoms with Gasteiger partial charge < -0.3 is 9.30 Å². The first kappa shape index (κ1) is 10.9. The monoisotopic (exact) mass is 249 g/mol. The number of hydrogen-bond donors (Lipinski definition) is 0. The first-order valence-electron chi connectivity index (χ1n) is 5.50. The Balaban J connectivity index is 1.89. The van der Waals surface area contributed by atoms with Gasteiger partial charge in [-0.05, 0) is 24.3 Å². The van der Waals surface area contributed by atoms with Crippen LogP contribution in [0.3, 0.4) is 0 Å². The predicted molar refractivity (Wildman–Crippen MR) is 66.9 cm³/mol. The van der Waals surface area contributed by atoms with E-state index in [-0.39, 0.29) is 11.3 Å².